The molecule has 0 amide bonds. The van der Waals surface area contributed by atoms with Crippen LogP contribution >= 0.6 is 7.82 Å². The summed E-state index contributed by atoms with van der Waals surface area (Å²) in [5, 5.41) is 84.8. The molecule has 1 aromatic carbocycles. The average Bonchev–Trinajstić information content (AvgIpc) is 4.44. The second kappa shape index (κ2) is 29.0. The first-order valence-electron chi connectivity index (χ1n) is 27.2. The molecule has 0 radical (unpaired) electrons. The number of nitrogen functional groups attached to an aromatic ring is 2. The Morgan fingerprint density at radius 3 is 1.62 bits per heavy atom. The van der Waals surface area contributed by atoms with Crippen LogP contribution in [0.1, 0.15) is 132 Å². The molecule has 2 saturated heterocycles. The van der Waals surface area contributed by atoms with Crippen molar-refractivity contribution in [1.82, 2.24) is 29.2 Å². The molecule has 0 spiro atoms. The van der Waals surface area contributed by atoms with Gasteiger partial charge in [0.1, 0.15) is 90.4 Å². The highest BCUT2D eigenvalue weighted by Crippen LogP contribution is 2.52. The normalized spacial score (nSPS) is 23.5. The Hall–Kier alpha value is -5.88. The summed E-state index contributed by atoms with van der Waals surface area (Å²) in [4.78, 5) is 7.91. The number of aromatic nitrogens is 6. The number of nitrogens with zero attached hydrogens (tertiary/aromatic N) is 9. The summed E-state index contributed by atoms with van der Waals surface area (Å²) in [7, 11) is -3.52. The van der Waals surface area contributed by atoms with Crippen LogP contribution in [0.4, 0.5) is 11.6 Å². The summed E-state index contributed by atoms with van der Waals surface area (Å²) in [6, 6.07) is 16.8. The maximum absolute atomic E-state index is 15.0. The molecule has 2 aliphatic rings. The molecule has 79 heavy (non-hydrogen) atoms. The predicted octanol–water partition coefficient (Wildman–Crippen LogP) is 6.22. The van der Waals surface area contributed by atoms with Crippen LogP contribution in [-0.4, -0.2) is 132 Å². The van der Waals surface area contributed by atoms with E-state index in [4.69, 9.17) is 48.7 Å². The van der Waals surface area contributed by atoms with Crippen molar-refractivity contribution in [3.8, 4) is 24.0 Å². The van der Waals surface area contributed by atoms with Gasteiger partial charge in [-0.05, 0) is 48.4 Å². The summed E-state index contributed by atoms with van der Waals surface area (Å²) in [5.74, 6) is 0.506. The van der Waals surface area contributed by atoms with Gasteiger partial charge < -0.3 is 55.6 Å². The van der Waals surface area contributed by atoms with E-state index in [9.17, 15) is 36.2 Å². The Morgan fingerprint density at radius 1 is 0.684 bits per heavy atom. The summed E-state index contributed by atoms with van der Waals surface area (Å²) in [6.07, 6.45) is 10.3. The van der Waals surface area contributed by atoms with Gasteiger partial charge in [-0.25, -0.2) is 23.6 Å². The first kappa shape index (κ1) is 60.8. The lowest BCUT2D eigenvalue weighted by atomic mass is 9.92. The van der Waals surface area contributed by atoms with Crippen molar-refractivity contribution < 1.29 is 62.2 Å². The van der Waals surface area contributed by atoms with Crippen molar-refractivity contribution in [2.75, 3.05) is 51.6 Å². The highest BCUT2D eigenvalue weighted by atomic mass is 31.2. The number of hydrogen-bond donors (Lipinski definition) is 6. The van der Waals surface area contributed by atoms with Crippen molar-refractivity contribution >= 4 is 30.5 Å². The van der Waals surface area contributed by atoms with Crippen LogP contribution in [0, 0.1) is 34.0 Å². The van der Waals surface area contributed by atoms with E-state index >= 15 is 4.57 Å². The Balaban J connectivity index is 1.02. The van der Waals surface area contributed by atoms with Crippen LogP contribution in [0.5, 0.6) is 5.75 Å². The number of unbranched alkanes of at least 4 members (excludes halogenated alkanes) is 15. The van der Waals surface area contributed by atoms with Gasteiger partial charge in [-0.2, -0.15) is 26.0 Å². The van der Waals surface area contributed by atoms with Gasteiger partial charge in [0.05, 0.1) is 57.1 Å². The van der Waals surface area contributed by atoms with Crippen LogP contribution in [0.15, 0.2) is 55.1 Å². The van der Waals surface area contributed by atoms with Crippen molar-refractivity contribution in [2.24, 2.45) is 0 Å². The van der Waals surface area contributed by atoms with Gasteiger partial charge in [0.2, 0.25) is 11.2 Å². The molecule has 8 N–H and O–H groups in total. The number of nitrogens with two attached hydrogens (primary N) is 2. The van der Waals surface area contributed by atoms with Crippen LogP contribution in [0.3, 0.4) is 0 Å². The number of nitriles is 3. The number of phosphoric acid groups is 1. The maximum Gasteiger partial charge on any atom is 0.475 e. The number of ether oxygens (including phenoxy) is 5. The third-order valence-corrected chi connectivity index (χ3v) is 15.9. The summed E-state index contributed by atoms with van der Waals surface area (Å²) in [5.41, 5.74) is 9.01. The molecule has 0 unspecified atom stereocenters. The minimum atomic E-state index is -4.97. The Labute approximate surface area is 459 Å². The van der Waals surface area contributed by atoms with Crippen molar-refractivity contribution in [1.29, 1.82) is 15.8 Å². The molecule has 0 bridgehead atoms. The van der Waals surface area contributed by atoms with Gasteiger partial charge in [0.25, 0.3) is 0 Å². The van der Waals surface area contributed by atoms with Crippen molar-refractivity contribution in [3.63, 3.8) is 0 Å². The average molecular weight is 1120 g/mol. The van der Waals surface area contributed by atoms with Crippen molar-refractivity contribution in [2.45, 2.75) is 170 Å². The molecular formula is C54H74N11O13P. The molecule has 9 atom stereocenters. The minimum Gasteiger partial charge on any atom is -0.495 e. The zero-order chi connectivity index (χ0) is 56.4. The van der Waals surface area contributed by atoms with Gasteiger partial charge in [0, 0.05) is 6.61 Å². The SMILES string of the molecule is CCCCCCCCCCCCCCCCCCOC[C@H](COP(=O)(OC[C@H]1O[C@@](C#N)(c2ccc3c(N)ncnn23)[C@H](O)[C@@H]1O)OC[C@H]1O[C@@](C#N)(c2ccc3c(N)ncnn23)[C@H](O)[C@@H]1O)OCc1ccc(OC)c(C#N)c1. The number of aliphatic hydroxyl groups excluding tert-OH is 4. The fourth-order valence-electron chi connectivity index (χ4n) is 9.97. The van der Waals surface area contributed by atoms with Gasteiger partial charge in [-0.15, -0.1) is 0 Å². The fraction of sp³-hybridized carbons (Fsp3) is 0.611. The lowest BCUT2D eigenvalue weighted by Crippen LogP contribution is -2.41. The molecule has 5 aromatic rings. The smallest absolute Gasteiger partial charge is 0.475 e. The zero-order valence-electron chi connectivity index (χ0n) is 44.9. The summed E-state index contributed by atoms with van der Waals surface area (Å²) < 4.78 is 65.0. The van der Waals surface area contributed by atoms with Crippen LogP contribution in [0.25, 0.3) is 11.0 Å². The van der Waals surface area contributed by atoms with E-state index in [0.717, 1.165) is 38.3 Å². The monoisotopic (exact) mass is 1120 g/mol. The van der Waals surface area contributed by atoms with Gasteiger partial charge >= 0.3 is 7.82 Å². The van der Waals surface area contributed by atoms with E-state index in [-0.39, 0.29) is 52.8 Å². The predicted molar refractivity (Wildman–Crippen MR) is 285 cm³/mol. The second-order valence-corrected chi connectivity index (χ2v) is 21.7. The molecule has 0 aliphatic carbocycles. The molecular weight excluding hydrogens is 1040 g/mol. The maximum atomic E-state index is 15.0. The molecule has 24 nitrogen and oxygen atoms in total. The summed E-state index contributed by atoms with van der Waals surface area (Å²) >= 11 is 0. The van der Waals surface area contributed by atoms with Crippen molar-refractivity contribution in [3.05, 3.63) is 77.6 Å². The molecule has 428 valence electrons. The number of anilines is 2. The van der Waals surface area contributed by atoms with Crippen LogP contribution < -0.4 is 16.2 Å². The molecule has 6 heterocycles. The van der Waals surface area contributed by atoms with E-state index < -0.39 is 81.6 Å². The molecule has 4 aromatic heterocycles. The molecule has 2 aliphatic heterocycles. The zero-order valence-corrected chi connectivity index (χ0v) is 45.8. The van der Waals surface area contributed by atoms with E-state index in [2.05, 4.69) is 33.2 Å². The topological polar surface area (TPSA) is 356 Å². The number of rotatable bonds is 34. The molecule has 2 fully saturated rings. The number of phosphoric ester groups is 1. The number of fused-ring (bicyclic) bond motifs is 2. The highest BCUT2D eigenvalue weighted by molar-refractivity contribution is 7.48. The number of aliphatic hydroxyl groups is 4. The quantitative estimate of drug-likeness (QED) is 0.0197. The second-order valence-electron chi connectivity index (χ2n) is 20.0. The lowest BCUT2D eigenvalue weighted by Gasteiger charge is -2.26. The largest absolute Gasteiger partial charge is 0.495 e. The Kier molecular flexibility index (Phi) is 22.3. The van der Waals surface area contributed by atoms with E-state index in [1.165, 1.54) is 117 Å². The third-order valence-electron chi connectivity index (χ3n) is 14.5. The molecule has 0 saturated carbocycles. The summed E-state index contributed by atoms with van der Waals surface area (Å²) in [6.45, 7) is 0.372. The fourth-order valence-corrected chi connectivity index (χ4v) is 11.2. The number of benzene rings is 1. The number of hydrogen-bond acceptors (Lipinski definition) is 22. The standard InChI is InChI=1S/C54H74N11O13P/c1-3-4-5-6-7-8-9-10-11-12-13-14-15-16-17-18-25-72-29-39(73-28-37-19-22-42(71-2)38(26-37)27-55)30-74-79(70,75-31-43-47(66)49(68)53(33-56,77-43)45-23-20-40-51(58)60-35-62-64(40)45)76-32-44-48(67)50(69)54(34-57,78-44)46-24-21-41-52(59)61-36-63-65(41)46/h19-24,26,35-36,39,43-44,47-50,66-69H,3-18,25,28-32H2,1-2H3,(H2,58,60,62)(H2,59,61,63)/t39-,43-,44-,47-,48-,49-,50-,53+,54+/m1/s1. The molecule has 7 rings (SSSR count). The third kappa shape index (κ3) is 14.5. The van der Waals surface area contributed by atoms with Gasteiger partial charge in [-0.1, -0.05) is 109 Å². The first-order valence-corrected chi connectivity index (χ1v) is 28.6. The highest BCUT2D eigenvalue weighted by Gasteiger charge is 2.59. The first-order chi connectivity index (χ1) is 38.3. The van der Waals surface area contributed by atoms with E-state index in [1.54, 1.807) is 18.2 Å². The van der Waals surface area contributed by atoms with Gasteiger partial charge in [0.15, 0.2) is 11.6 Å². The minimum absolute atomic E-state index is 0.000946. The van der Waals surface area contributed by atoms with E-state index in [0.29, 0.717) is 17.9 Å². The Bertz CT molecular complexity index is 2800. The van der Waals surface area contributed by atoms with Gasteiger partial charge in [-0.3, -0.25) is 13.6 Å². The molecule has 25 heteroatoms. The Morgan fingerprint density at radius 2 is 1.16 bits per heavy atom. The van der Waals surface area contributed by atoms with Crippen LogP contribution in [-0.2, 0) is 54.9 Å². The van der Waals surface area contributed by atoms with Crippen LogP contribution in [0.2, 0.25) is 0 Å². The number of methoxy groups -OCH3 is 1. The van der Waals surface area contributed by atoms with E-state index in [1.807, 2.05) is 12.1 Å². The lowest BCUT2D eigenvalue weighted by molar-refractivity contribution is -0.0802.